The Morgan fingerprint density at radius 2 is 1.58 bits per heavy atom. The maximum absolute atomic E-state index is 13.6. The van der Waals surface area contributed by atoms with E-state index in [0.29, 0.717) is 11.3 Å². The summed E-state index contributed by atoms with van der Waals surface area (Å²) in [6.45, 7) is -3.40. The molecule has 128 valence electrons. The van der Waals surface area contributed by atoms with E-state index in [-0.39, 0.29) is 10.1 Å². The molecule has 0 saturated carbocycles. The van der Waals surface area contributed by atoms with Gasteiger partial charge in [0.15, 0.2) is 0 Å². The second kappa shape index (κ2) is 1.17. The van der Waals surface area contributed by atoms with Crippen molar-refractivity contribution in [3.8, 4) is 17.6 Å². The van der Waals surface area contributed by atoms with Crippen LogP contribution in [0.3, 0.4) is 0 Å². The van der Waals surface area contributed by atoms with Gasteiger partial charge in [-0.1, -0.05) is 0 Å². The van der Waals surface area contributed by atoms with Crippen LogP contribution < -0.4 is 0 Å². The molecule has 26 heavy (non-hydrogen) atoms. The molecule has 1 N–H and O–H groups in total. The van der Waals surface area contributed by atoms with Crippen LogP contribution in [-0.2, 0) is 11.3 Å². The van der Waals surface area contributed by atoms with E-state index in [1.807, 2.05) is 30.3 Å². The van der Waals surface area contributed by atoms with E-state index in [9.17, 15) is 9.90 Å². The molecule has 10 aliphatic heterocycles. The number of carbonyl (C=O) groups excluding carboxylic acids is 1. The summed E-state index contributed by atoms with van der Waals surface area (Å²) in [6.07, 6.45) is 0. The molecule has 10 fully saturated rings. The van der Waals surface area contributed by atoms with Gasteiger partial charge in [0.2, 0.25) is 0 Å². The van der Waals surface area contributed by atoms with Crippen LogP contribution in [0.5, 0.6) is 5.75 Å². The van der Waals surface area contributed by atoms with Crippen molar-refractivity contribution < 1.29 is 16.4 Å². The summed E-state index contributed by atoms with van der Waals surface area (Å²) in [7, 11) is 0. The van der Waals surface area contributed by atoms with Gasteiger partial charge in [0, 0.05) is 0 Å². The number of hydrogen-bond donors (Lipinski definition) is 1. The molecule has 0 bridgehead atoms. The summed E-state index contributed by atoms with van der Waals surface area (Å²) >= 11 is 0. The first kappa shape index (κ1) is 10.5. The summed E-state index contributed by atoms with van der Waals surface area (Å²) < 4.78 is 0.201. The van der Waals surface area contributed by atoms with Crippen molar-refractivity contribution in [3.05, 3.63) is 42.0 Å². The van der Waals surface area contributed by atoms with Gasteiger partial charge in [-0.25, -0.2) is 0 Å². The minimum atomic E-state index is -3.40. The Hall–Kier alpha value is -1.75. The van der Waals surface area contributed by atoms with Gasteiger partial charge in [-0.2, -0.15) is 0 Å². The Morgan fingerprint density at radius 3 is 2.15 bits per heavy atom. The Balaban J connectivity index is 1.14. The molecular weight excluding hydrogens is 364 g/mol. The van der Waals surface area contributed by atoms with E-state index >= 15 is 0 Å². The zero-order valence-electron chi connectivity index (χ0n) is 13.9. The number of benzene rings is 2. The van der Waals surface area contributed by atoms with E-state index in [1.54, 1.807) is 6.07 Å². The molecule has 0 aromatic heterocycles. The van der Waals surface area contributed by atoms with Gasteiger partial charge in [-0.3, -0.25) is 0 Å². The first-order valence-electron chi connectivity index (χ1n) is 9.92. The molecule has 10 saturated heterocycles. The second-order valence-corrected chi connectivity index (χ2v) is 36.5. The molecule has 0 radical (unpaired) electrons. The molecule has 4 unspecified atom stereocenters. The monoisotopic (exact) mass is 380 g/mol. The van der Waals surface area contributed by atoms with Gasteiger partial charge < -0.3 is 0 Å². The standard InChI is InChI=1S/C18H11O2.C5H5.Fe/c19-17(14-6-1-2-7-14)12-10-16-15-8-4-3-5-13(15)9-11-18(16)20;1-2-4-5-3-1;/h1-9,11,20H;1-5H;. The number of aromatic hydroxyl groups is 1. The van der Waals surface area contributed by atoms with Gasteiger partial charge in [0.25, 0.3) is 0 Å². The number of fused-ring (bicyclic) bond motifs is 11. The number of rotatable bonds is 1. The molecule has 10 aliphatic rings. The number of ketones is 1. The number of hydrogen-bond acceptors (Lipinski definition) is 2. The third-order valence-corrected chi connectivity index (χ3v) is 59.5. The number of phenolic OH excluding ortho intramolecular Hbond substituents is 1. The number of carbonyl (C=O) groups is 1. The average Bonchev–Trinajstić information content (AvgIpc) is 3.60. The fourth-order valence-electron chi connectivity index (χ4n) is 18.4. The molecule has 4 atom stereocenters. The van der Waals surface area contributed by atoms with E-state index in [4.69, 9.17) is 0 Å². The average molecular weight is 380 g/mol. The molecule has 1 spiro atoms. The zero-order valence-corrected chi connectivity index (χ0v) is 15.0. The molecule has 10 heterocycles. The number of phenols is 1. The fourth-order valence-corrected chi connectivity index (χ4v) is 92.1. The predicted octanol–water partition coefficient (Wildman–Crippen LogP) is 5.23. The SMILES string of the molecule is O=C(C#Cc1c(O)ccc2ccccc12)[C]12[CH]3[CH]4[CH]5[CH]1[Fe]45321678[CH]2[CH]1[CH]6[CH]7[CH]28. The maximum atomic E-state index is 13.6. The molecule has 0 aliphatic carbocycles. The van der Waals surface area contributed by atoms with Crippen LogP contribution in [0.25, 0.3) is 10.8 Å². The molecule has 12 rings (SSSR count). The van der Waals surface area contributed by atoms with Gasteiger partial charge in [-0.15, -0.1) is 0 Å². The van der Waals surface area contributed by atoms with Crippen LogP contribution >= 0.6 is 0 Å². The van der Waals surface area contributed by atoms with Crippen molar-refractivity contribution >= 4 is 16.6 Å². The van der Waals surface area contributed by atoms with Gasteiger partial charge in [0.1, 0.15) is 0 Å². The van der Waals surface area contributed by atoms with E-state index in [2.05, 4.69) is 11.8 Å². The molecule has 0 amide bonds. The Labute approximate surface area is 140 Å². The van der Waals surface area contributed by atoms with E-state index < -0.39 is 6.51 Å². The Bertz CT molecular complexity index is 1630. The van der Waals surface area contributed by atoms with Crippen molar-refractivity contribution in [1.82, 2.24) is 0 Å². The molecule has 2 aromatic rings. The summed E-state index contributed by atoms with van der Waals surface area (Å²) in [6, 6.07) is 11.6. The summed E-state index contributed by atoms with van der Waals surface area (Å²) in [5.41, 5.74) is 0.642. The van der Waals surface area contributed by atoms with Crippen molar-refractivity contribution in [2.75, 3.05) is 0 Å². The summed E-state index contributed by atoms with van der Waals surface area (Å²) in [4.78, 5) is 23.6. The van der Waals surface area contributed by atoms with Crippen molar-refractivity contribution in [2.24, 2.45) is 0 Å². The van der Waals surface area contributed by atoms with Crippen LogP contribution in [0.4, 0.5) is 0 Å². The van der Waals surface area contributed by atoms with Gasteiger partial charge in [-0.05, 0) is 0 Å². The normalized spacial score (nSPS) is 81.3. The van der Waals surface area contributed by atoms with Gasteiger partial charge >= 0.3 is 140 Å². The van der Waals surface area contributed by atoms with Crippen molar-refractivity contribution in [3.63, 3.8) is 0 Å². The first-order valence-corrected chi connectivity index (χ1v) is 16.2. The van der Waals surface area contributed by atoms with E-state index in [1.165, 1.54) is 0 Å². The third kappa shape index (κ3) is 0.166. The fraction of sp³-hybridized carbons (Fsp3) is 0.435. The van der Waals surface area contributed by atoms with Gasteiger partial charge in [0.05, 0.1) is 0 Å². The quantitative estimate of drug-likeness (QED) is 0.544. The molecule has 2 aromatic carbocycles. The van der Waals surface area contributed by atoms with E-state index in [0.717, 1.165) is 54.1 Å². The van der Waals surface area contributed by atoms with Crippen LogP contribution in [0, 0.1) is 11.8 Å². The Kier molecular flexibility index (Phi) is 0.474. The summed E-state index contributed by atoms with van der Waals surface area (Å²) in [5, 5.41) is 12.4. The zero-order chi connectivity index (χ0) is 16.6. The molecular formula is C23H16FeO2. The third-order valence-electron chi connectivity index (χ3n) is 17.2. The molecule has 2 nitrogen and oxygen atoms in total. The molecule has 3 heteroatoms. The van der Waals surface area contributed by atoms with Crippen LogP contribution in [0.15, 0.2) is 36.4 Å². The first-order chi connectivity index (χ1) is 12.4. The second-order valence-electron chi connectivity index (χ2n) is 12.9. The topological polar surface area (TPSA) is 37.3 Å². The Morgan fingerprint density at radius 1 is 0.923 bits per heavy atom. The van der Waals surface area contributed by atoms with Crippen molar-refractivity contribution in [2.45, 2.75) is 47.7 Å². The van der Waals surface area contributed by atoms with Crippen molar-refractivity contribution in [1.29, 1.82) is 0 Å². The van der Waals surface area contributed by atoms with Crippen LogP contribution in [0.2, 0.25) is 47.7 Å². The van der Waals surface area contributed by atoms with Crippen LogP contribution in [0.1, 0.15) is 5.56 Å². The minimum absolute atomic E-state index is 0.201. The predicted molar refractivity (Wildman–Crippen MR) is 93.9 cm³/mol. The summed E-state index contributed by atoms with van der Waals surface area (Å²) in [5.74, 6) is 6.85. The number of Topliss-reactive ketones (excluding diaryl/α,β-unsaturated/α-hetero) is 1. The van der Waals surface area contributed by atoms with Crippen LogP contribution in [-0.4, -0.2) is 10.9 Å².